The molecule has 1 aromatic heterocycles. The summed E-state index contributed by atoms with van der Waals surface area (Å²) in [5.41, 5.74) is -1.70. The van der Waals surface area contributed by atoms with Crippen molar-refractivity contribution in [1.82, 2.24) is 25.2 Å². The van der Waals surface area contributed by atoms with Crippen LogP contribution in [-0.4, -0.2) is 96.0 Å². The van der Waals surface area contributed by atoms with E-state index in [9.17, 15) is 41.5 Å². The topological polar surface area (TPSA) is 193 Å². The molecule has 4 N–H and O–H groups in total. The van der Waals surface area contributed by atoms with Crippen LogP contribution in [0.3, 0.4) is 0 Å². The van der Waals surface area contributed by atoms with Crippen LogP contribution in [0.2, 0.25) is 0 Å². The Kier molecular flexibility index (Phi) is 10.1. The number of ether oxygens (including phenoxy) is 2. The predicted octanol–water partition coefficient (Wildman–Crippen LogP) is 3.20. The van der Waals surface area contributed by atoms with Crippen molar-refractivity contribution in [3.05, 3.63) is 42.4 Å². The highest BCUT2D eigenvalue weighted by molar-refractivity contribution is 7.91. The highest BCUT2D eigenvalue weighted by atomic mass is 32.2. The van der Waals surface area contributed by atoms with E-state index in [4.69, 9.17) is 9.47 Å². The molecule has 2 aliphatic heterocycles. The van der Waals surface area contributed by atoms with Gasteiger partial charge in [-0.2, -0.15) is 0 Å². The molecule has 0 bridgehead atoms. The Hall–Kier alpha value is -4.54. The van der Waals surface area contributed by atoms with Gasteiger partial charge in [0.05, 0.1) is 19.9 Å². The van der Waals surface area contributed by atoms with Crippen LogP contribution in [0.5, 0.6) is 11.6 Å². The van der Waals surface area contributed by atoms with Crippen molar-refractivity contribution in [3.8, 4) is 11.6 Å². The van der Waals surface area contributed by atoms with Gasteiger partial charge < -0.3 is 30.1 Å². The van der Waals surface area contributed by atoms with Crippen LogP contribution in [0.4, 0.5) is 13.6 Å². The fourth-order valence-electron chi connectivity index (χ4n) is 7.46. The Morgan fingerprint density at radius 2 is 1.92 bits per heavy atom. The van der Waals surface area contributed by atoms with Crippen molar-refractivity contribution < 1.29 is 51.0 Å². The molecule has 17 heteroatoms. The first-order chi connectivity index (χ1) is 24.6. The lowest BCUT2D eigenvalue weighted by molar-refractivity contribution is -0.142. The van der Waals surface area contributed by atoms with Crippen molar-refractivity contribution in [2.45, 2.75) is 87.3 Å². The number of allylic oxidation sites excluding steroid dienone is 1. The number of halogens is 2. The van der Waals surface area contributed by atoms with E-state index in [0.29, 0.717) is 35.8 Å². The van der Waals surface area contributed by atoms with E-state index in [1.807, 2.05) is 17.7 Å². The summed E-state index contributed by atoms with van der Waals surface area (Å²) < 4.78 is 66.0. The molecule has 0 spiro atoms. The van der Waals surface area contributed by atoms with Gasteiger partial charge in [-0.3, -0.25) is 19.1 Å². The Morgan fingerprint density at radius 1 is 1.17 bits per heavy atom. The molecule has 1 saturated heterocycles. The summed E-state index contributed by atoms with van der Waals surface area (Å²) in [4.78, 5) is 59.8. The van der Waals surface area contributed by atoms with Crippen LogP contribution in [0, 0.1) is 23.6 Å². The average Bonchev–Trinajstić information content (AvgIpc) is 4.00. The average molecular weight is 748 g/mol. The number of hydrogen-bond acceptors (Lipinski definition) is 9. The van der Waals surface area contributed by atoms with Gasteiger partial charge in [0.1, 0.15) is 46.7 Å². The summed E-state index contributed by atoms with van der Waals surface area (Å²) >= 11 is 0. The minimum absolute atomic E-state index is 0.0603. The third kappa shape index (κ3) is 7.11. The first kappa shape index (κ1) is 37.2. The summed E-state index contributed by atoms with van der Waals surface area (Å²) in [5.74, 6) is -3.61. The number of carbonyl (C=O) groups is 4. The number of fused-ring (bicyclic) bond motifs is 3. The molecule has 3 heterocycles. The van der Waals surface area contributed by atoms with E-state index < -0.39 is 86.6 Å². The molecule has 282 valence electrons. The maximum absolute atomic E-state index is 14.3. The van der Waals surface area contributed by atoms with E-state index >= 15 is 0 Å². The highest BCUT2D eigenvalue weighted by Crippen LogP contribution is 2.48. The van der Waals surface area contributed by atoms with E-state index in [2.05, 4.69) is 15.6 Å². The Morgan fingerprint density at radius 3 is 2.60 bits per heavy atom. The Bertz CT molecular complexity index is 1910. The lowest BCUT2D eigenvalue weighted by Crippen LogP contribution is -2.59. The summed E-state index contributed by atoms with van der Waals surface area (Å²) in [7, 11) is -3.00. The Balaban J connectivity index is 1.35. The summed E-state index contributed by atoms with van der Waals surface area (Å²) in [5, 5.41) is 15.6. The van der Waals surface area contributed by atoms with Gasteiger partial charge in [0.15, 0.2) is 0 Å². The predicted molar refractivity (Wildman–Crippen MR) is 183 cm³/mol. The SMILES string of the molecule is COc1cnc(O[C@@H]2C[C@H]3C(=O)N[C@]4(C(=O)NS(=O)(=O)C5(CF)CC5)C[C@H]4/C=C\CC[C@H](C)C[C@@H](C)[C@H](NC(=O)O)C(=O)N3C2)c2ccc(F)cc12. The summed E-state index contributed by atoms with van der Waals surface area (Å²) in [6, 6.07) is 1.43. The number of hydrogen-bond donors (Lipinski definition) is 4. The van der Waals surface area contributed by atoms with Crippen LogP contribution in [0.1, 0.15) is 58.8 Å². The van der Waals surface area contributed by atoms with Crippen molar-refractivity contribution in [3.63, 3.8) is 0 Å². The quantitative estimate of drug-likeness (QED) is 0.292. The summed E-state index contributed by atoms with van der Waals surface area (Å²) in [6.45, 7) is 2.40. The second-order valence-corrected chi connectivity index (χ2v) is 16.7. The molecule has 0 unspecified atom stereocenters. The number of amides is 4. The molecule has 2 saturated carbocycles. The van der Waals surface area contributed by atoms with Crippen LogP contribution in [0.15, 0.2) is 36.5 Å². The summed E-state index contributed by atoms with van der Waals surface area (Å²) in [6.07, 6.45) is 4.48. The van der Waals surface area contributed by atoms with Gasteiger partial charge in [-0.25, -0.2) is 27.0 Å². The molecule has 14 nitrogen and oxygen atoms in total. The number of methoxy groups -OCH3 is 1. The van der Waals surface area contributed by atoms with Crippen LogP contribution < -0.4 is 24.8 Å². The minimum Gasteiger partial charge on any atom is -0.494 e. The third-order valence-corrected chi connectivity index (χ3v) is 12.9. The third-order valence-electron chi connectivity index (χ3n) is 10.8. The molecule has 3 fully saturated rings. The van der Waals surface area contributed by atoms with E-state index in [1.54, 1.807) is 13.0 Å². The molecular formula is C35H43F2N5O9S. The van der Waals surface area contributed by atoms with Crippen LogP contribution >= 0.6 is 0 Å². The first-order valence-electron chi connectivity index (χ1n) is 17.3. The fraction of sp³-hybridized carbons (Fsp3) is 0.571. The Labute approximate surface area is 299 Å². The lowest BCUT2D eigenvalue weighted by atomic mass is 9.88. The zero-order valence-electron chi connectivity index (χ0n) is 29.1. The van der Waals surface area contributed by atoms with Gasteiger partial charge >= 0.3 is 6.09 Å². The molecule has 0 radical (unpaired) electrons. The van der Waals surface area contributed by atoms with Crippen molar-refractivity contribution in [2.75, 3.05) is 20.3 Å². The van der Waals surface area contributed by atoms with E-state index in [0.717, 1.165) is 0 Å². The number of nitrogens with zero attached hydrogens (tertiary/aromatic N) is 2. The van der Waals surface area contributed by atoms with Crippen molar-refractivity contribution in [2.24, 2.45) is 17.8 Å². The largest absolute Gasteiger partial charge is 0.494 e. The van der Waals surface area contributed by atoms with Gasteiger partial charge in [-0.05, 0) is 68.6 Å². The number of sulfonamides is 1. The monoisotopic (exact) mass is 747 g/mol. The van der Waals surface area contributed by atoms with Crippen molar-refractivity contribution >= 4 is 44.6 Å². The molecule has 2 aliphatic carbocycles. The normalized spacial score (nSPS) is 30.8. The van der Waals surface area contributed by atoms with Gasteiger partial charge in [-0.15, -0.1) is 0 Å². The van der Waals surface area contributed by atoms with Gasteiger partial charge in [0.25, 0.3) is 5.91 Å². The van der Waals surface area contributed by atoms with Gasteiger partial charge in [0, 0.05) is 23.1 Å². The fourth-order valence-corrected chi connectivity index (χ4v) is 8.89. The number of pyridine rings is 1. The second-order valence-electron chi connectivity index (χ2n) is 14.6. The van der Waals surface area contributed by atoms with E-state index in [1.165, 1.54) is 36.4 Å². The first-order valence-corrected chi connectivity index (χ1v) is 18.8. The number of carbonyl (C=O) groups excluding carboxylic acids is 3. The maximum Gasteiger partial charge on any atom is 0.405 e. The van der Waals surface area contributed by atoms with E-state index in [-0.39, 0.29) is 44.0 Å². The molecule has 2 aromatic rings. The number of aromatic nitrogens is 1. The molecule has 6 rings (SSSR count). The molecule has 7 atom stereocenters. The number of rotatable bonds is 8. The zero-order valence-corrected chi connectivity index (χ0v) is 29.9. The van der Waals surface area contributed by atoms with Crippen molar-refractivity contribution in [1.29, 1.82) is 0 Å². The standard InChI is InChI=1S/C35H43F2N5O9S/c1-19-6-4-5-7-21-15-35(21,32(45)41-52(48,49)34(18-36)10-11-34)40-29(43)26-14-23(17-42(26)31(44)28(20(2)12-19)39-33(46)47)51-30-24-9-8-22(37)13-25(24)27(50-3)16-38-30/h5,7-9,13,16,19-21,23,26,28,39H,4,6,10-12,14-15,17-18H2,1-3H3,(H,40,43)(H,41,45)(H,46,47)/b7-5-/t19-,20+,21+,23+,26-,28-,35+/m0/s1. The second kappa shape index (κ2) is 14.1. The molecule has 1 aromatic carbocycles. The highest BCUT2D eigenvalue weighted by Gasteiger charge is 2.64. The lowest BCUT2D eigenvalue weighted by Gasteiger charge is -2.32. The number of benzene rings is 1. The van der Waals surface area contributed by atoms with Crippen LogP contribution in [-0.2, 0) is 24.4 Å². The van der Waals surface area contributed by atoms with Crippen LogP contribution in [0.25, 0.3) is 10.8 Å². The number of carboxylic acid groups (broad SMARTS) is 1. The smallest absolute Gasteiger partial charge is 0.405 e. The number of alkyl halides is 1. The number of nitrogens with one attached hydrogen (secondary N) is 3. The minimum atomic E-state index is -4.41. The molecule has 52 heavy (non-hydrogen) atoms. The molecule has 4 aliphatic rings. The van der Waals surface area contributed by atoms with Gasteiger partial charge in [-0.1, -0.05) is 26.0 Å². The maximum atomic E-state index is 14.3. The zero-order chi connectivity index (χ0) is 37.6. The van der Waals surface area contributed by atoms with Gasteiger partial charge in [0.2, 0.25) is 27.7 Å². The molecular weight excluding hydrogens is 704 g/mol. The molecule has 4 amide bonds.